The number of nitrogens with two attached hydrogens (primary N) is 1. The predicted molar refractivity (Wildman–Crippen MR) is 90.7 cm³/mol. The van der Waals surface area contributed by atoms with Crippen molar-refractivity contribution in [3.63, 3.8) is 0 Å². The molecule has 0 fully saturated rings. The number of carbonyl (C=O) groups excluding carboxylic acids is 1. The normalized spacial score (nSPS) is 13.5. The zero-order valence-corrected chi connectivity index (χ0v) is 13.3. The summed E-state index contributed by atoms with van der Waals surface area (Å²) >= 11 is 0. The molecule has 0 saturated heterocycles. The molecule has 1 amide bonds. The first-order valence-corrected chi connectivity index (χ1v) is 7.76. The summed E-state index contributed by atoms with van der Waals surface area (Å²) in [6, 6.07) is 18.8. The average molecular weight is 296 g/mol. The third-order valence-corrected chi connectivity index (χ3v) is 3.94. The van der Waals surface area contributed by atoms with E-state index in [9.17, 15) is 4.79 Å². The van der Waals surface area contributed by atoms with Crippen LogP contribution in [-0.2, 0) is 6.42 Å². The Bertz CT molecular complexity index is 593. The summed E-state index contributed by atoms with van der Waals surface area (Å²) in [4.78, 5) is 11.0. The highest BCUT2D eigenvalue weighted by Gasteiger charge is 2.09. The maximum absolute atomic E-state index is 11.0. The van der Waals surface area contributed by atoms with E-state index in [1.807, 2.05) is 18.2 Å². The van der Waals surface area contributed by atoms with E-state index in [1.165, 1.54) is 11.1 Å². The van der Waals surface area contributed by atoms with E-state index in [0.717, 1.165) is 12.8 Å². The van der Waals surface area contributed by atoms with Crippen LogP contribution in [0, 0.1) is 0 Å². The quantitative estimate of drug-likeness (QED) is 0.822. The molecule has 0 unspecified atom stereocenters. The Labute approximate surface area is 132 Å². The third-order valence-electron chi connectivity index (χ3n) is 3.94. The van der Waals surface area contributed by atoms with Crippen LogP contribution in [-0.4, -0.2) is 11.9 Å². The van der Waals surface area contributed by atoms with Crippen molar-refractivity contribution in [2.75, 3.05) is 0 Å². The fraction of sp³-hybridized carbons (Fsp3) is 0.316. The highest BCUT2D eigenvalue weighted by molar-refractivity contribution is 5.92. The molecule has 0 saturated carbocycles. The molecule has 2 aromatic carbocycles. The Kier molecular flexibility index (Phi) is 5.73. The second-order valence-electron chi connectivity index (χ2n) is 5.80. The second-order valence-corrected chi connectivity index (χ2v) is 5.80. The lowest BCUT2D eigenvalue weighted by molar-refractivity contribution is 0.100. The zero-order chi connectivity index (χ0) is 15.9. The third kappa shape index (κ3) is 4.71. The summed E-state index contributed by atoms with van der Waals surface area (Å²) in [6.45, 7) is 4.39. The fourth-order valence-electron chi connectivity index (χ4n) is 2.57. The molecule has 2 rings (SSSR count). The molecule has 3 N–H and O–H groups in total. The number of rotatable bonds is 7. The summed E-state index contributed by atoms with van der Waals surface area (Å²) in [5.74, 6) is -0.377. The van der Waals surface area contributed by atoms with Crippen molar-refractivity contribution in [1.29, 1.82) is 0 Å². The Hall–Kier alpha value is -2.13. The number of aryl methyl sites for hydroxylation is 1. The van der Waals surface area contributed by atoms with Gasteiger partial charge in [0.1, 0.15) is 0 Å². The molecule has 0 aliphatic rings. The number of primary amides is 1. The maximum Gasteiger partial charge on any atom is 0.248 e. The van der Waals surface area contributed by atoms with Crippen LogP contribution in [0.15, 0.2) is 54.6 Å². The van der Waals surface area contributed by atoms with Gasteiger partial charge in [0.05, 0.1) is 0 Å². The lowest BCUT2D eigenvalue weighted by Crippen LogP contribution is -2.29. The minimum atomic E-state index is -0.377. The molecule has 2 atom stereocenters. The number of hydrogen-bond acceptors (Lipinski definition) is 2. The molecule has 0 heterocycles. The average Bonchev–Trinajstić information content (AvgIpc) is 2.54. The lowest BCUT2D eigenvalue weighted by atomic mass is 10.0. The number of amides is 1. The van der Waals surface area contributed by atoms with Gasteiger partial charge in [-0.15, -0.1) is 0 Å². The molecule has 3 heteroatoms. The highest BCUT2D eigenvalue weighted by atomic mass is 16.1. The molecule has 2 aromatic rings. The molecule has 0 aliphatic heterocycles. The molecule has 22 heavy (non-hydrogen) atoms. The van der Waals surface area contributed by atoms with E-state index in [1.54, 1.807) is 12.1 Å². The summed E-state index contributed by atoms with van der Waals surface area (Å²) in [5, 5.41) is 3.62. The van der Waals surface area contributed by atoms with Gasteiger partial charge in [0.25, 0.3) is 0 Å². The van der Waals surface area contributed by atoms with Gasteiger partial charge in [-0.1, -0.05) is 42.5 Å². The molecule has 3 nitrogen and oxygen atoms in total. The zero-order valence-electron chi connectivity index (χ0n) is 13.3. The van der Waals surface area contributed by atoms with Crippen molar-refractivity contribution in [2.24, 2.45) is 5.73 Å². The van der Waals surface area contributed by atoms with E-state index >= 15 is 0 Å². The van der Waals surface area contributed by atoms with Gasteiger partial charge in [-0.05, 0) is 49.9 Å². The summed E-state index contributed by atoms with van der Waals surface area (Å²) in [6.07, 6.45) is 2.03. The van der Waals surface area contributed by atoms with Crippen molar-refractivity contribution in [3.05, 3.63) is 71.3 Å². The minimum absolute atomic E-state index is 0.341. The van der Waals surface area contributed by atoms with Gasteiger partial charge in [-0.2, -0.15) is 0 Å². The Morgan fingerprint density at radius 3 is 2.27 bits per heavy atom. The molecule has 0 spiro atoms. The van der Waals surface area contributed by atoms with E-state index in [2.05, 4.69) is 43.4 Å². The molecular formula is C19H24N2O. The second kappa shape index (κ2) is 7.76. The van der Waals surface area contributed by atoms with Crippen LogP contribution in [0.4, 0.5) is 0 Å². The van der Waals surface area contributed by atoms with Gasteiger partial charge in [-0.3, -0.25) is 4.79 Å². The summed E-state index contributed by atoms with van der Waals surface area (Å²) < 4.78 is 0. The lowest BCUT2D eigenvalue weighted by Gasteiger charge is -2.20. The minimum Gasteiger partial charge on any atom is -0.366 e. The van der Waals surface area contributed by atoms with Gasteiger partial charge >= 0.3 is 0 Å². The van der Waals surface area contributed by atoms with E-state index < -0.39 is 0 Å². The van der Waals surface area contributed by atoms with Crippen molar-refractivity contribution < 1.29 is 4.79 Å². The van der Waals surface area contributed by atoms with E-state index in [0.29, 0.717) is 17.6 Å². The van der Waals surface area contributed by atoms with Crippen LogP contribution < -0.4 is 11.1 Å². The van der Waals surface area contributed by atoms with Gasteiger partial charge in [-0.25, -0.2) is 0 Å². The highest BCUT2D eigenvalue weighted by Crippen LogP contribution is 2.14. The summed E-state index contributed by atoms with van der Waals surface area (Å²) in [7, 11) is 0. The van der Waals surface area contributed by atoms with Crippen molar-refractivity contribution in [2.45, 2.75) is 38.8 Å². The van der Waals surface area contributed by atoms with Crippen molar-refractivity contribution in [1.82, 2.24) is 5.32 Å². The smallest absolute Gasteiger partial charge is 0.248 e. The molecule has 116 valence electrons. The number of carbonyl (C=O) groups is 1. The topological polar surface area (TPSA) is 55.1 Å². The van der Waals surface area contributed by atoms with Crippen LogP contribution in [0.3, 0.4) is 0 Å². The van der Waals surface area contributed by atoms with Crippen LogP contribution in [0.2, 0.25) is 0 Å². The largest absolute Gasteiger partial charge is 0.366 e. The van der Waals surface area contributed by atoms with Gasteiger partial charge < -0.3 is 11.1 Å². The van der Waals surface area contributed by atoms with Crippen LogP contribution in [0.1, 0.15) is 47.8 Å². The Morgan fingerprint density at radius 2 is 1.68 bits per heavy atom. The number of benzene rings is 2. The van der Waals surface area contributed by atoms with Gasteiger partial charge in [0.15, 0.2) is 0 Å². The predicted octanol–water partition coefficient (Wildman–Crippen LogP) is 3.46. The number of nitrogens with one attached hydrogen (secondary N) is 1. The first-order chi connectivity index (χ1) is 10.6. The van der Waals surface area contributed by atoms with E-state index in [-0.39, 0.29) is 5.91 Å². The first kappa shape index (κ1) is 16.2. The van der Waals surface area contributed by atoms with Crippen molar-refractivity contribution in [3.8, 4) is 0 Å². The molecule has 0 aliphatic carbocycles. The Morgan fingerprint density at radius 1 is 1.05 bits per heavy atom. The molecule has 0 radical (unpaired) electrons. The SMILES string of the molecule is C[C@H](CCc1ccc(C(N)=O)cc1)N[C@H](C)c1ccccc1. The monoisotopic (exact) mass is 296 g/mol. The summed E-state index contributed by atoms with van der Waals surface area (Å²) in [5.41, 5.74) is 8.34. The van der Waals surface area contributed by atoms with Crippen LogP contribution in [0.5, 0.6) is 0 Å². The molecule has 0 aromatic heterocycles. The van der Waals surface area contributed by atoms with Crippen molar-refractivity contribution >= 4 is 5.91 Å². The first-order valence-electron chi connectivity index (χ1n) is 7.76. The molecule has 0 bridgehead atoms. The fourth-order valence-corrected chi connectivity index (χ4v) is 2.57. The molecular weight excluding hydrogens is 272 g/mol. The van der Waals surface area contributed by atoms with Gasteiger partial charge in [0.2, 0.25) is 5.91 Å². The Balaban J connectivity index is 1.82. The number of hydrogen-bond donors (Lipinski definition) is 2. The maximum atomic E-state index is 11.0. The van der Waals surface area contributed by atoms with Crippen LogP contribution >= 0.6 is 0 Å². The van der Waals surface area contributed by atoms with Crippen LogP contribution in [0.25, 0.3) is 0 Å². The van der Waals surface area contributed by atoms with E-state index in [4.69, 9.17) is 5.73 Å². The van der Waals surface area contributed by atoms with Gasteiger partial charge in [0, 0.05) is 17.6 Å². The standard InChI is InChI=1S/C19H24N2O/c1-14(21-15(2)17-6-4-3-5-7-17)8-9-16-10-12-18(13-11-16)19(20)22/h3-7,10-15,21H,8-9H2,1-2H3,(H2,20,22)/t14-,15-/m1/s1.